The Hall–Kier alpha value is -2.47. The zero-order valence-corrected chi connectivity index (χ0v) is 19.2. The molecule has 1 aromatic rings. The summed E-state index contributed by atoms with van der Waals surface area (Å²) in [6, 6.07) is 3.82. The molecule has 174 valence electrons. The van der Waals surface area contributed by atoms with Crippen LogP contribution < -0.4 is 0 Å². The highest BCUT2D eigenvalue weighted by Gasteiger charge is 2.40. The van der Waals surface area contributed by atoms with Gasteiger partial charge in [-0.05, 0) is 61.5 Å². The zero-order valence-electron chi connectivity index (χ0n) is 19.2. The van der Waals surface area contributed by atoms with Crippen molar-refractivity contribution in [2.24, 2.45) is 23.7 Å². The Kier molecular flexibility index (Phi) is 7.55. The number of aliphatic hydroxyl groups is 2. The standard InChI is InChI=1S/C26H34O6/c1-14(2)5-4-6-17-7-8-18-9-16(11-21(29)24(18)25(17)31)10-19-12-22(30)23(15(3)28)26(32)20(19)13-27/h7-8,14,16,19-20,27,30-31H,4-6,9-13H2,1-3H3. The van der Waals surface area contributed by atoms with Crippen LogP contribution in [0.15, 0.2) is 23.5 Å². The largest absolute Gasteiger partial charge is 0.511 e. The van der Waals surface area contributed by atoms with Crippen molar-refractivity contribution in [1.82, 2.24) is 0 Å². The molecular formula is C26H34O6. The number of carbonyl (C=O) groups excluding carboxylic acids is 3. The molecule has 0 amide bonds. The summed E-state index contributed by atoms with van der Waals surface area (Å²) < 4.78 is 0. The first kappa shape index (κ1) is 24.2. The summed E-state index contributed by atoms with van der Waals surface area (Å²) in [6.07, 6.45) is 4.22. The third-order valence-corrected chi connectivity index (χ3v) is 6.92. The predicted molar refractivity (Wildman–Crippen MR) is 121 cm³/mol. The molecule has 3 rings (SSSR count). The van der Waals surface area contributed by atoms with E-state index in [2.05, 4.69) is 13.8 Å². The van der Waals surface area contributed by atoms with Crippen molar-refractivity contribution in [3.8, 4) is 5.75 Å². The molecule has 2 aliphatic rings. The number of benzene rings is 1. The lowest BCUT2D eigenvalue weighted by atomic mass is 9.70. The summed E-state index contributed by atoms with van der Waals surface area (Å²) in [6.45, 7) is 5.16. The molecule has 0 spiro atoms. The molecule has 0 radical (unpaired) electrons. The van der Waals surface area contributed by atoms with E-state index in [1.165, 1.54) is 6.92 Å². The van der Waals surface area contributed by atoms with E-state index in [0.29, 0.717) is 24.3 Å². The van der Waals surface area contributed by atoms with Crippen LogP contribution in [0.5, 0.6) is 5.75 Å². The molecule has 3 unspecified atom stereocenters. The molecule has 0 fully saturated rings. The van der Waals surface area contributed by atoms with E-state index >= 15 is 0 Å². The maximum Gasteiger partial charge on any atom is 0.175 e. The molecule has 2 aliphatic carbocycles. The van der Waals surface area contributed by atoms with E-state index in [0.717, 1.165) is 30.4 Å². The molecule has 0 bridgehead atoms. The molecule has 3 N–H and O–H groups in total. The van der Waals surface area contributed by atoms with E-state index in [-0.39, 0.29) is 47.5 Å². The third kappa shape index (κ3) is 4.96. The predicted octanol–water partition coefficient (Wildman–Crippen LogP) is 4.10. The highest BCUT2D eigenvalue weighted by atomic mass is 16.3. The maximum absolute atomic E-state index is 12.9. The average molecular weight is 443 g/mol. The van der Waals surface area contributed by atoms with Crippen LogP contribution in [0.3, 0.4) is 0 Å². The number of Topliss-reactive ketones (excluding diaryl/α,β-unsaturated/α-hetero) is 3. The van der Waals surface area contributed by atoms with Crippen molar-refractivity contribution in [2.45, 2.75) is 65.7 Å². The summed E-state index contributed by atoms with van der Waals surface area (Å²) in [5, 5.41) is 30.8. The lowest BCUT2D eigenvalue weighted by Gasteiger charge is -2.34. The van der Waals surface area contributed by atoms with Gasteiger partial charge in [-0.3, -0.25) is 14.4 Å². The van der Waals surface area contributed by atoms with Crippen LogP contribution in [0.1, 0.15) is 74.4 Å². The van der Waals surface area contributed by atoms with E-state index in [9.17, 15) is 29.7 Å². The van der Waals surface area contributed by atoms with Crippen molar-refractivity contribution < 1.29 is 29.7 Å². The number of aryl methyl sites for hydroxylation is 1. The van der Waals surface area contributed by atoms with Gasteiger partial charge < -0.3 is 15.3 Å². The fourth-order valence-corrected chi connectivity index (χ4v) is 5.29. The second kappa shape index (κ2) is 9.99. The van der Waals surface area contributed by atoms with Crippen LogP contribution in [-0.2, 0) is 22.4 Å². The van der Waals surface area contributed by atoms with Crippen LogP contribution in [0, 0.1) is 23.7 Å². The fraction of sp³-hybridized carbons (Fsp3) is 0.577. The van der Waals surface area contributed by atoms with Gasteiger partial charge in [0.25, 0.3) is 0 Å². The Morgan fingerprint density at radius 3 is 2.47 bits per heavy atom. The van der Waals surface area contributed by atoms with Gasteiger partial charge in [-0.2, -0.15) is 0 Å². The second-order valence-corrected chi connectivity index (χ2v) is 9.82. The first-order chi connectivity index (χ1) is 15.1. The van der Waals surface area contributed by atoms with E-state index in [1.54, 1.807) is 0 Å². The van der Waals surface area contributed by atoms with Crippen LogP contribution in [0.4, 0.5) is 0 Å². The number of carbonyl (C=O) groups is 3. The van der Waals surface area contributed by atoms with E-state index in [4.69, 9.17) is 0 Å². The number of aromatic hydroxyl groups is 1. The molecule has 0 aliphatic heterocycles. The maximum atomic E-state index is 12.9. The van der Waals surface area contributed by atoms with E-state index < -0.39 is 24.1 Å². The van der Waals surface area contributed by atoms with Crippen molar-refractivity contribution in [2.75, 3.05) is 6.61 Å². The van der Waals surface area contributed by atoms with Gasteiger partial charge in [0.05, 0.1) is 17.7 Å². The number of allylic oxidation sites excluding steroid dienone is 2. The number of rotatable bonds is 8. The van der Waals surface area contributed by atoms with Crippen molar-refractivity contribution >= 4 is 17.3 Å². The van der Waals surface area contributed by atoms with Gasteiger partial charge in [0.15, 0.2) is 17.3 Å². The van der Waals surface area contributed by atoms with Crippen LogP contribution in [0.2, 0.25) is 0 Å². The summed E-state index contributed by atoms with van der Waals surface area (Å²) in [4.78, 5) is 37.3. The summed E-state index contributed by atoms with van der Waals surface area (Å²) >= 11 is 0. The molecule has 0 aromatic heterocycles. The number of phenols is 1. The SMILES string of the molecule is CC(=O)C1=C(O)CC(CC2CC(=O)c3c(ccc(CCCC(C)C)c3O)C2)C(CO)C1=O. The highest BCUT2D eigenvalue weighted by molar-refractivity contribution is 6.21. The molecule has 6 nitrogen and oxygen atoms in total. The van der Waals surface area contributed by atoms with Crippen molar-refractivity contribution in [1.29, 1.82) is 0 Å². The van der Waals surface area contributed by atoms with Gasteiger partial charge in [-0.25, -0.2) is 0 Å². The Bertz CT molecular complexity index is 942. The van der Waals surface area contributed by atoms with Crippen LogP contribution in [-0.4, -0.2) is 39.3 Å². The quantitative estimate of drug-likeness (QED) is 0.523. The van der Waals surface area contributed by atoms with Gasteiger partial charge in [0, 0.05) is 18.8 Å². The van der Waals surface area contributed by atoms with Gasteiger partial charge in [-0.1, -0.05) is 32.4 Å². The highest BCUT2D eigenvalue weighted by Crippen LogP contribution is 2.41. The Labute approximate surface area is 189 Å². The van der Waals surface area contributed by atoms with Crippen molar-refractivity contribution in [3.05, 3.63) is 40.2 Å². The topological polar surface area (TPSA) is 112 Å². The smallest absolute Gasteiger partial charge is 0.175 e. The lowest BCUT2D eigenvalue weighted by molar-refractivity contribution is -0.127. The van der Waals surface area contributed by atoms with Gasteiger partial charge in [0.1, 0.15) is 11.5 Å². The molecule has 1 aromatic carbocycles. The number of fused-ring (bicyclic) bond motifs is 1. The molecular weight excluding hydrogens is 408 g/mol. The van der Waals surface area contributed by atoms with Crippen molar-refractivity contribution in [3.63, 3.8) is 0 Å². The number of aliphatic hydroxyl groups excluding tert-OH is 2. The molecule has 0 saturated heterocycles. The average Bonchev–Trinajstić information content (AvgIpc) is 2.69. The number of hydrogen-bond acceptors (Lipinski definition) is 6. The minimum atomic E-state index is -0.752. The fourth-order valence-electron chi connectivity index (χ4n) is 5.29. The minimum absolute atomic E-state index is 0.0558. The normalized spacial score (nSPS) is 23.6. The van der Waals surface area contributed by atoms with Crippen LogP contribution in [0.25, 0.3) is 0 Å². The molecule has 6 heteroatoms. The van der Waals surface area contributed by atoms with Gasteiger partial charge >= 0.3 is 0 Å². The zero-order chi connectivity index (χ0) is 23.6. The van der Waals surface area contributed by atoms with Gasteiger partial charge in [-0.15, -0.1) is 0 Å². The summed E-state index contributed by atoms with van der Waals surface area (Å²) in [5.41, 5.74) is 1.83. The third-order valence-electron chi connectivity index (χ3n) is 6.92. The number of phenolic OH excluding ortho intramolecular Hbond substituents is 1. The second-order valence-electron chi connectivity index (χ2n) is 9.82. The first-order valence-electron chi connectivity index (χ1n) is 11.6. The lowest BCUT2D eigenvalue weighted by Crippen LogP contribution is -2.37. The summed E-state index contributed by atoms with van der Waals surface area (Å²) in [7, 11) is 0. The summed E-state index contributed by atoms with van der Waals surface area (Å²) in [5.74, 6) is -1.79. The molecule has 0 heterocycles. The van der Waals surface area contributed by atoms with Crippen LogP contribution >= 0.6 is 0 Å². The number of hydrogen-bond donors (Lipinski definition) is 3. The molecule has 3 atom stereocenters. The first-order valence-corrected chi connectivity index (χ1v) is 11.6. The molecule has 32 heavy (non-hydrogen) atoms. The monoisotopic (exact) mass is 442 g/mol. The minimum Gasteiger partial charge on any atom is -0.511 e. The Morgan fingerprint density at radius 1 is 1.12 bits per heavy atom. The van der Waals surface area contributed by atoms with Gasteiger partial charge in [0.2, 0.25) is 0 Å². The number of ketones is 3. The Morgan fingerprint density at radius 2 is 1.84 bits per heavy atom. The Balaban J connectivity index is 1.76. The molecule has 0 saturated carbocycles. The van der Waals surface area contributed by atoms with E-state index in [1.807, 2.05) is 12.1 Å².